The fourth-order valence-corrected chi connectivity index (χ4v) is 1.24. The minimum atomic E-state index is -1.55. The van der Waals surface area contributed by atoms with Crippen molar-refractivity contribution in [1.82, 2.24) is 0 Å². The van der Waals surface area contributed by atoms with Gasteiger partial charge in [0, 0.05) is 14.2 Å². The molecule has 0 unspecified atom stereocenters. The van der Waals surface area contributed by atoms with Gasteiger partial charge in [-0.3, -0.25) is 9.59 Å². The second kappa shape index (κ2) is 6.36. The molecule has 0 saturated heterocycles. The van der Waals surface area contributed by atoms with E-state index in [0.29, 0.717) is 0 Å². The van der Waals surface area contributed by atoms with Gasteiger partial charge in [-0.25, -0.2) is 0 Å². The van der Waals surface area contributed by atoms with Gasteiger partial charge >= 0.3 is 11.9 Å². The van der Waals surface area contributed by atoms with Crippen LogP contribution < -0.4 is 0 Å². The topological polar surface area (TPSA) is 71.1 Å². The molecule has 6 heteroatoms. The molecule has 0 rings (SSSR count). The number of rotatable bonds is 6. The molecule has 0 spiro atoms. The van der Waals surface area contributed by atoms with Crippen molar-refractivity contribution in [3.63, 3.8) is 0 Å². The summed E-state index contributed by atoms with van der Waals surface area (Å²) in [6, 6.07) is 0. The van der Waals surface area contributed by atoms with E-state index in [2.05, 4.69) is 9.47 Å². The number of ether oxygens (including phenoxy) is 4. The van der Waals surface area contributed by atoms with Crippen LogP contribution in [0.3, 0.4) is 0 Å². The van der Waals surface area contributed by atoms with E-state index in [9.17, 15) is 9.59 Å². The van der Waals surface area contributed by atoms with Crippen molar-refractivity contribution in [2.45, 2.75) is 0 Å². The van der Waals surface area contributed by atoms with Crippen molar-refractivity contribution in [2.75, 3.05) is 41.7 Å². The first-order valence-electron chi connectivity index (χ1n) is 4.23. The first-order chi connectivity index (χ1) is 7.08. The average Bonchev–Trinajstić information content (AvgIpc) is 2.26. The lowest BCUT2D eigenvalue weighted by molar-refractivity contribution is -0.177. The van der Waals surface area contributed by atoms with E-state index in [-0.39, 0.29) is 13.2 Å². The molecular weight excluding hydrogens is 204 g/mol. The molecule has 0 aromatic heterocycles. The Bertz CT molecular complexity index is 201. The molecule has 0 bridgehead atoms. The molecule has 0 aromatic rings. The second-order valence-corrected chi connectivity index (χ2v) is 2.93. The molecule has 0 aliphatic carbocycles. The standard InChI is InChI=1S/C9H16O6/c1-12-5-9(6-13-2,7(10)14-3)8(11)15-4/h5-6H2,1-4H3. The molecular formula is C9H16O6. The molecule has 0 aromatic carbocycles. The fraction of sp³-hybridized carbons (Fsp3) is 0.778. The lowest BCUT2D eigenvalue weighted by Crippen LogP contribution is -2.48. The first kappa shape index (κ1) is 13.9. The highest BCUT2D eigenvalue weighted by molar-refractivity contribution is 6.00. The second-order valence-electron chi connectivity index (χ2n) is 2.93. The SMILES string of the molecule is COCC(COC)(C(=O)OC)C(=O)OC. The molecule has 0 N–H and O–H groups in total. The van der Waals surface area contributed by atoms with Crippen LogP contribution in [-0.4, -0.2) is 53.6 Å². The van der Waals surface area contributed by atoms with Gasteiger partial charge in [0.15, 0.2) is 0 Å². The first-order valence-corrected chi connectivity index (χ1v) is 4.23. The maximum Gasteiger partial charge on any atom is 0.328 e. The Morgan fingerprint density at radius 1 is 0.867 bits per heavy atom. The van der Waals surface area contributed by atoms with E-state index < -0.39 is 17.4 Å². The van der Waals surface area contributed by atoms with Crippen molar-refractivity contribution >= 4 is 11.9 Å². The molecule has 0 fully saturated rings. The zero-order valence-electron chi connectivity index (χ0n) is 9.36. The fourth-order valence-electron chi connectivity index (χ4n) is 1.24. The molecule has 0 radical (unpaired) electrons. The van der Waals surface area contributed by atoms with Gasteiger partial charge in [0.1, 0.15) is 0 Å². The van der Waals surface area contributed by atoms with E-state index in [4.69, 9.17) is 9.47 Å². The minimum Gasteiger partial charge on any atom is -0.468 e. The molecule has 88 valence electrons. The van der Waals surface area contributed by atoms with Crippen LogP contribution in [0.15, 0.2) is 0 Å². The van der Waals surface area contributed by atoms with E-state index in [0.717, 1.165) is 0 Å². The lowest BCUT2D eigenvalue weighted by atomic mass is 9.90. The van der Waals surface area contributed by atoms with Crippen LogP contribution in [0, 0.1) is 5.41 Å². The summed E-state index contributed by atoms with van der Waals surface area (Å²) in [6.45, 7) is -0.305. The van der Waals surface area contributed by atoms with Crippen molar-refractivity contribution in [3.05, 3.63) is 0 Å². The van der Waals surface area contributed by atoms with Gasteiger partial charge in [0.2, 0.25) is 5.41 Å². The Balaban J connectivity index is 5.05. The van der Waals surface area contributed by atoms with Crippen LogP contribution in [0.25, 0.3) is 0 Å². The third-order valence-electron chi connectivity index (χ3n) is 1.93. The van der Waals surface area contributed by atoms with Gasteiger partial charge in [-0.15, -0.1) is 0 Å². The zero-order chi connectivity index (χ0) is 11.9. The largest absolute Gasteiger partial charge is 0.468 e. The Morgan fingerprint density at radius 3 is 1.40 bits per heavy atom. The van der Waals surface area contributed by atoms with Gasteiger partial charge < -0.3 is 18.9 Å². The van der Waals surface area contributed by atoms with E-state index in [1.165, 1.54) is 28.4 Å². The van der Waals surface area contributed by atoms with Crippen LogP contribution in [0.4, 0.5) is 0 Å². The van der Waals surface area contributed by atoms with Gasteiger partial charge in [-0.1, -0.05) is 0 Å². The predicted molar refractivity (Wildman–Crippen MR) is 50.2 cm³/mol. The molecule has 0 heterocycles. The molecule has 0 aliphatic rings. The van der Waals surface area contributed by atoms with Crippen molar-refractivity contribution < 1.29 is 28.5 Å². The van der Waals surface area contributed by atoms with Crippen LogP contribution >= 0.6 is 0 Å². The maximum atomic E-state index is 11.5. The highest BCUT2D eigenvalue weighted by Gasteiger charge is 2.49. The Kier molecular flexibility index (Phi) is 5.88. The predicted octanol–water partition coefficient (Wildman–Crippen LogP) is -0.388. The van der Waals surface area contributed by atoms with Crippen molar-refractivity contribution in [3.8, 4) is 0 Å². The van der Waals surface area contributed by atoms with Gasteiger partial charge in [0.25, 0.3) is 0 Å². The van der Waals surface area contributed by atoms with Crippen molar-refractivity contribution in [1.29, 1.82) is 0 Å². The third kappa shape index (κ3) is 2.90. The normalized spacial score (nSPS) is 10.9. The maximum absolute atomic E-state index is 11.5. The van der Waals surface area contributed by atoms with E-state index in [1.807, 2.05) is 0 Å². The van der Waals surface area contributed by atoms with Gasteiger partial charge in [-0.2, -0.15) is 0 Å². The zero-order valence-corrected chi connectivity index (χ0v) is 9.36. The molecule has 0 atom stereocenters. The third-order valence-corrected chi connectivity index (χ3v) is 1.93. The number of methoxy groups -OCH3 is 4. The Morgan fingerprint density at radius 2 is 1.20 bits per heavy atom. The monoisotopic (exact) mass is 220 g/mol. The quantitative estimate of drug-likeness (QED) is 0.448. The molecule has 15 heavy (non-hydrogen) atoms. The van der Waals surface area contributed by atoms with E-state index >= 15 is 0 Å². The summed E-state index contributed by atoms with van der Waals surface area (Å²) in [5.41, 5.74) is -1.55. The van der Waals surface area contributed by atoms with E-state index in [1.54, 1.807) is 0 Å². The number of hydrogen-bond donors (Lipinski definition) is 0. The summed E-state index contributed by atoms with van der Waals surface area (Å²) in [6.07, 6.45) is 0. The smallest absolute Gasteiger partial charge is 0.328 e. The Hall–Kier alpha value is -1.14. The summed E-state index contributed by atoms with van der Waals surface area (Å²) in [4.78, 5) is 23.1. The van der Waals surface area contributed by atoms with Gasteiger partial charge in [0.05, 0.1) is 27.4 Å². The number of esters is 2. The molecule has 0 aliphatic heterocycles. The molecule has 0 amide bonds. The van der Waals surface area contributed by atoms with Crippen LogP contribution in [0.2, 0.25) is 0 Å². The summed E-state index contributed by atoms with van der Waals surface area (Å²) in [5, 5.41) is 0. The van der Waals surface area contributed by atoms with Crippen LogP contribution in [0.5, 0.6) is 0 Å². The minimum absolute atomic E-state index is 0.153. The highest BCUT2D eigenvalue weighted by Crippen LogP contribution is 2.22. The lowest BCUT2D eigenvalue weighted by Gasteiger charge is -2.26. The summed E-state index contributed by atoms with van der Waals surface area (Å²) >= 11 is 0. The average molecular weight is 220 g/mol. The van der Waals surface area contributed by atoms with Crippen LogP contribution in [-0.2, 0) is 28.5 Å². The van der Waals surface area contributed by atoms with Crippen molar-refractivity contribution in [2.24, 2.45) is 5.41 Å². The number of carbonyl (C=O) groups excluding carboxylic acids is 2. The highest BCUT2D eigenvalue weighted by atomic mass is 16.6. The number of hydrogen-bond acceptors (Lipinski definition) is 6. The molecule has 6 nitrogen and oxygen atoms in total. The summed E-state index contributed by atoms with van der Waals surface area (Å²) < 4.78 is 18.7. The molecule has 0 saturated carbocycles. The van der Waals surface area contributed by atoms with Crippen LogP contribution in [0.1, 0.15) is 0 Å². The summed E-state index contributed by atoms with van der Waals surface area (Å²) in [5.74, 6) is -1.48. The van der Waals surface area contributed by atoms with Gasteiger partial charge in [-0.05, 0) is 0 Å². The Labute approximate surface area is 88.4 Å². The number of carbonyl (C=O) groups is 2. The summed E-state index contributed by atoms with van der Waals surface area (Å²) in [7, 11) is 5.11.